The van der Waals surface area contributed by atoms with Crippen LogP contribution >= 0.6 is 0 Å². The maximum atomic E-state index is 6.21. The molecule has 0 aliphatic heterocycles. The standard InChI is InChI=1S/C15H19N3O/c1-18-8-13(17-9-18)11-4-3-5-12-10(11)6-7-14(19-2)15(12)16/h6-9,11H,3-5,16H2,1-2H3. The van der Waals surface area contributed by atoms with Crippen molar-refractivity contribution in [2.75, 3.05) is 12.8 Å². The van der Waals surface area contributed by atoms with Gasteiger partial charge in [0, 0.05) is 19.2 Å². The molecule has 3 rings (SSSR count). The molecule has 0 saturated heterocycles. The van der Waals surface area contributed by atoms with Gasteiger partial charge in [-0.1, -0.05) is 6.07 Å². The number of hydrogen-bond acceptors (Lipinski definition) is 3. The first-order chi connectivity index (χ1) is 9.20. The number of hydrogen-bond donors (Lipinski definition) is 1. The van der Waals surface area contributed by atoms with Gasteiger partial charge in [0.25, 0.3) is 0 Å². The summed E-state index contributed by atoms with van der Waals surface area (Å²) in [5.41, 5.74) is 10.7. The highest BCUT2D eigenvalue weighted by Crippen LogP contribution is 2.41. The number of anilines is 1. The highest BCUT2D eigenvalue weighted by molar-refractivity contribution is 5.63. The average molecular weight is 257 g/mol. The first kappa shape index (κ1) is 12.1. The summed E-state index contributed by atoms with van der Waals surface area (Å²) in [6.07, 6.45) is 7.26. The smallest absolute Gasteiger partial charge is 0.142 e. The second kappa shape index (κ2) is 4.61. The van der Waals surface area contributed by atoms with Gasteiger partial charge < -0.3 is 15.0 Å². The van der Waals surface area contributed by atoms with Gasteiger partial charge in [-0.25, -0.2) is 4.98 Å². The van der Waals surface area contributed by atoms with Crippen molar-refractivity contribution in [2.45, 2.75) is 25.2 Å². The lowest BCUT2D eigenvalue weighted by molar-refractivity contribution is 0.415. The Morgan fingerprint density at radius 3 is 2.95 bits per heavy atom. The Labute approximate surface area is 113 Å². The summed E-state index contributed by atoms with van der Waals surface area (Å²) in [6.45, 7) is 0. The molecule has 2 N–H and O–H groups in total. The number of aromatic nitrogens is 2. The van der Waals surface area contributed by atoms with Gasteiger partial charge in [0.2, 0.25) is 0 Å². The van der Waals surface area contributed by atoms with Gasteiger partial charge >= 0.3 is 0 Å². The molecule has 0 radical (unpaired) electrons. The summed E-state index contributed by atoms with van der Waals surface area (Å²) >= 11 is 0. The highest BCUT2D eigenvalue weighted by atomic mass is 16.5. The molecule has 1 aliphatic carbocycles. The number of fused-ring (bicyclic) bond motifs is 1. The molecule has 0 spiro atoms. The van der Waals surface area contributed by atoms with Crippen molar-refractivity contribution >= 4 is 5.69 Å². The van der Waals surface area contributed by atoms with Crippen LogP contribution in [0, 0.1) is 0 Å². The van der Waals surface area contributed by atoms with Crippen LogP contribution in [0.4, 0.5) is 5.69 Å². The fourth-order valence-corrected chi connectivity index (χ4v) is 3.00. The van der Waals surface area contributed by atoms with Gasteiger partial charge in [-0.3, -0.25) is 0 Å². The zero-order valence-corrected chi connectivity index (χ0v) is 11.4. The van der Waals surface area contributed by atoms with E-state index in [0.29, 0.717) is 5.92 Å². The van der Waals surface area contributed by atoms with Crippen LogP contribution in [0.3, 0.4) is 0 Å². The minimum absolute atomic E-state index is 0.359. The number of imidazole rings is 1. The molecule has 0 fully saturated rings. The van der Waals surface area contributed by atoms with Crippen LogP contribution in [-0.4, -0.2) is 16.7 Å². The summed E-state index contributed by atoms with van der Waals surface area (Å²) in [4.78, 5) is 4.50. The van der Waals surface area contributed by atoms with Gasteiger partial charge in [-0.15, -0.1) is 0 Å². The minimum Gasteiger partial charge on any atom is -0.495 e. The van der Waals surface area contributed by atoms with E-state index in [1.54, 1.807) is 7.11 Å². The molecule has 1 unspecified atom stereocenters. The Kier molecular flexibility index (Phi) is 2.93. The Morgan fingerprint density at radius 1 is 1.42 bits per heavy atom. The predicted octanol–water partition coefficient (Wildman–Crippen LogP) is 2.48. The molecule has 1 aliphatic rings. The molecule has 1 aromatic heterocycles. The number of nitrogens with zero attached hydrogens (tertiary/aromatic N) is 2. The van der Waals surface area contributed by atoms with E-state index in [0.717, 1.165) is 36.4 Å². The van der Waals surface area contributed by atoms with Crippen molar-refractivity contribution in [3.8, 4) is 5.75 Å². The van der Waals surface area contributed by atoms with Crippen molar-refractivity contribution in [1.82, 2.24) is 9.55 Å². The number of aryl methyl sites for hydroxylation is 1. The molecule has 0 saturated carbocycles. The number of ether oxygens (including phenoxy) is 1. The SMILES string of the molecule is COc1ccc2c(c1N)CCCC2c1cn(C)cn1. The van der Waals surface area contributed by atoms with Crippen LogP contribution in [0.2, 0.25) is 0 Å². The van der Waals surface area contributed by atoms with Crippen molar-refractivity contribution in [1.29, 1.82) is 0 Å². The molecular weight excluding hydrogens is 238 g/mol. The van der Waals surface area contributed by atoms with E-state index in [1.165, 1.54) is 11.1 Å². The fourth-order valence-electron chi connectivity index (χ4n) is 3.00. The summed E-state index contributed by atoms with van der Waals surface area (Å²) in [5, 5.41) is 0. The summed E-state index contributed by atoms with van der Waals surface area (Å²) in [5.74, 6) is 1.14. The summed E-state index contributed by atoms with van der Waals surface area (Å²) < 4.78 is 7.31. The van der Waals surface area contributed by atoms with E-state index in [9.17, 15) is 0 Å². The summed E-state index contributed by atoms with van der Waals surface area (Å²) in [6, 6.07) is 4.11. The van der Waals surface area contributed by atoms with Crippen LogP contribution in [0.1, 0.15) is 35.6 Å². The molecule has 1 heterocycles. The zero-order chi connectivity index (χ0) is 13.4. The Bertz CT molecular complexity index is 603. The Hall–Kier alpha value is -1.97. The van der Waals surface area contributed by atoms with E-state index >= 15 is 0 Å². The maximum Gasteiger partial charge on any atom is 0.142 e. The van der Waals surface area contributed by atoms with Crippen molar-refractivity contribution in [2.24, 2.45) is 7.05 Å². The van der Waals surface area contributed by atoms with Gasteiger partial charge in [0.1, 0.15) is 5.75 Å². The van der Waals surface area contributed by atoms with Crippen LogP contribution in [0.15, 0.2) is 24.7 Å². The number of methoxy groups -OCH3 is 1. The molecule has 4 heteroatoms. The van der Waals surface area contributed by atoms with E-state index in [1.807, 2.05) is 24.0 Å². The van der Waals surface area contributed by atoms with Crippen LogP contribution < -0.4 is 10.5 Å². The lowest BCUT2D eigenvalue weighted by Gasteiger charge is -2.26. The molecule has 1 atom stereocenters. The second-order valence-electron chi connectivity index (χ2n) is 5.16. The van der Waals surface area contributed by atoms with E-state index < -0.39 is 0 Å². The quantitative estimate of drug-likeness (QED) is 0.841. The molecular formula is C15H19N3O. The minimum atomic E-state index is 0.359. The monoisotopic (exact) mass is 257 g/mol. The third kappa shape index (κ3) is 1.97. The lowest BCUT2D eigenvalue weighted by atomic mass is 9.80. The third-order valence-corrected chi connectivity index (χ3v) is 3.95. The fraction of sp³-hybridized carbons (Fsp3) is 0.400. The van der Waals surface area contributed by atoms with E-state index in [-0.39, 0.29) is 0 Å². The highest BCUT2D eigenvalue weighted by Gasteiger charge is 2.26. The molecule has 100 valence electrons. The third-order valence-electron chi connectivity index (χ3n) is 3.95. The largest absolute Gasteiger partial charge is 0.495 e. The molecule has 2 aromatic rings. The van der Waals surface area contributed by atoms with Crippen molar-refractivity contribution in [3.05, 3.63) is 41.5 Å². The maximum absolute atomic E-state index is 6.21. The molecule has 19 heavy (non-hydrogen) atoms. The first-order valence-corrected chi connectivity index (χ1v) is 6.63. The topological polar surface area (TPSA) is 53.1 Å². The van der Waals surface area contributed by atoms with E-state index in [4.69, 9.17) is 10.5 Å². The van der Waals surface area contributed by atoms with Gasteiger partial charge in [-0.2, -0.15) is 0 Å². The molecule has 4 nitrogen and oxygen atoms in total. The zero-order valence-electron chi connectivity index (χ0n) is 11.4. The first-order valence-electron chi connectivity index (χ1n) is 6.63. The Balaban J connectivity index is 2.08. The van der Waals surface area contributed by atoms with Crippen LogP contribution in [0.5, 0.6) is 5.75 Å². The lowest BCUT2D eigenvalue weighted by Crippen LogP contribution is -2.14. The number of nitrogen functional groups attached to an aromatic ring is 1. The Morgan fingerprint density at radius 2 is 2.26 bits per heavy atom. The number of nitrogens with two attached hydrogens (primary N) is 1. The normalized spacial score (nSPS) is 18.1. The van der Waals surface area contributed by atoms with Crippen LogP contribution in [0.25, 0.3) is 0 Å². The van der Waals surface area contributed by atoms with Gasteiger partial charge in [0.05, 0.1) is 24.8 Å². The summed E-state index contributed by atoms with van der Waals surface area (Å²) in [7, 11) is 3.67. The predicted molar refractivity (Wildman–Crippen MR) is 75.4 cm³/mol. The average Bonchev–Trinajstić information content (AvgIpc) is 2.85. The van der Waals surface area contributed by atoms with Crippen LogP contribution in [-0.2, 0) is 13.5 Å². The second-order valence-corrected chi connectivity index (χ2v) is 5.16. The molecule has 0 amide bonds. The number of benzene rings is 1. The van der Waals surface area contributed by atoms with Crippen molar-refractivity contribution in [3.63, 3.8) is 0 Å². The van der Waals surface area contributed by atoms with E-state index in [2.05, 4.69) is 17.2 Å². The van der Waals surface area contributed by atoms with Gasteiger partial charge in [0.15, 0.2) is 0 Å². The van der Waals surface area contributed by atoms with Crippen molar-refractivity contribution < 1.29 is 4.74 Å². The number of rotatable bonds is 2. The molecule has 0 bridgehead atoms. The molecule has 1 aromatic carbocycles. The van der Waals surface area contributed by atoms with Gasteiger partial charge in [-0.05, 0) is 36.5 Å².